The zero-order valence-electron chi connectivity index (χ0n) is 19.3. The fraction of sp³-hybridized carbons (Fsp3) is 0.263. The molecule has 4 N–H and O–H groups in total. The first kappa shape index (κ1) is 26.4. The van der Waals surface area contributed by atoms with Crippen LogP contribution in [0.1, 0.15) is 17.7 Å². The quantitative estimate of drug-likeness (QED) is 0.166. The van der Waals surface area contributed by atoms with Crippen LogP contribution in [0.25, 0.3) is 6.08 Å². The zero-order valence-corrected chi connectivity index (χ0v) is 22.8. The van der Waals surface area contributed by atoms with E-state index in [1.54, 1.807) is 23.0 Å². The number of aryl methyl sites for hydroxylation is 1. The summed E-state index contributed by atoms with van der Waals surface area (Å²) in [5.74, 6) is -2.04. The number of fused-ring (bicyclic) bond motifs is 1. The molecule has 4 rings (SSSR count). The van der Waals surface area contributed by atoms with E-state index in [0.29, 0.717) is 11.3 Å². The van der Waals surface area contributed by atoms with Gasteiger partial charge in [-0.15, -0.1) is 34.4 Å². The topological polar surface area (TPSA) is 160 Å². The predicted molar refractivity (Wildman–Crippen MR) is 127 cm³/mol. The largest absolute Gasteiger partial charge is 1.00 e. The summed E-state index contributed by atoms with van der Waals surface area (Å²) in [6.07, 6.45) is 3.49. The van der Waals surface area contributed by atoms with Crippen LogP contribution in [0.3, 0.4) is 0 Å². The van der Waals surface area contributed by atoms with Crippen molar-refractivity contribution in [2.45, 2.75) is 18.3 Å². The number of carbonyl (C=O) groups is 3. The van der Waals surface area contributed by atoms with Crippen LogP contribution >= 0.6 is 34.4 Å². The van der Waals surface area contributed by atoms with Gasteiger partial charge in [0.2, 0.25) is 0 Å². The van der Waals surface area contributed by atoms with Gasteiger partial charge in [-0.2, -0.15) is 0 Å². The van der Waals surface area contributed by atoms with Gasteiger partial charge in [-0.05, 0) is 18.6 Å². The number of allylic oxidation sites excluding steroid dienone is 1. The molecule has 2 amide bonds. The first-order valence-electron chi connectivity index (χ1n) is 9.44. The average molecular weight is 531 g/mol. The van der Waals surface area contributed by atoms with Crippen molar-refractivity contribution >= 4 is 69.1 Å². The third-order valence-corrected chi connectivity index (χ3v) is 7.74. The van der Waals surface area contributed by atoms with Crippen LogP contribution in [0.5, 0.6) is 0 Å². The molecular weight excluding hydrogens is 511 g/mol. The number of oxime groups is 1. The van der Waals surface area contributed by atoms with Crippen molar-refractivity contribution in [2.75, 3.05) is 18.6 Å². The zero-order chi connectivity index (χ0) is 23.7. The Morgan fingerprint density at radius 3 is 2.76 bits per heavy atom. The van der Waals surface area contributed by atoms with Crippen LogP contribution in [0.2, 0.25) is 0 Å². The number of hydrogen-bond donors (Lipinski definition) is 3. The molecule has 0 radical (unpaired) electrons. The summed E-state index contributed by atoms with van der Waals surface area (Å²) >= 11 is 3.94. The minimum absolute atomic E-state index is 0. The molecule has 0 aliphatic carbocycles. The minimum atomic E-state index is -1.21. The SMILES string of the molecule is CON=C(C(=O)N[C@@H]1C(=O)N2C(C(=O)O)=C(C=Cc3scnc3C)CS[C@H]12)c1csc(N)n1.[H-].[Na+]. The Morgan fingerprint density at radius 1 is 1.41 bits per heavy atom. The molecule has 0 aromatic carbocycles. The Bertz CT molecular complexity index is 1230. The number of nitrogens with zero attached hydrogens (tertiary/aromatic N) is 4. The monoisotopic (exact) mass is 530 g/mol. The van der Waals surface area contributed by atoms with Crippen LogP contribution < -0.4 is 40.6 Å². The van der Waals surface area contributed by atoms with E-state index in [2.05, 4.69) is 20.4 Å². The molecule has 0 spiro atoms. The number of β-lactam (4-membered cyclic amide) rings is 1. The van der Waals surface area contributed by atoms with Crippen molar-refractivity contribution in [3.8, 4) is 0 Å². The molecule has 174 valence electrons. The number of thioether (sulfide) groups is 1. The van der Waals surface area contributed by atoms with Gasteiger partial charge in [0.1, 0.15) is 29.9 Å². The Balaban J connectivity index is 0.00000216. The number of aliphatic carboxylic acids is 1. The van der Waals surface area contributed by atoms with Crippen LogP contribution in [-0.2, 0) is 19.2 Å². The van der Waals surface area contributed by atoms with Crippen LogP contribution in [0, 0.1) is 6.92 Å². The fourth-order valence-corrected chi connectivity index (χ4v) is 5.88. The van der Waals surface area contributed by atoms with Gasteiger partial charge in [-0.1, -0.05) is 11.2 Å². The second-order valence-corrected chi connectivity index (χ2v) is 9.75. The van der Waals surface area contributed by atoms with E-state index in [-0.39, 0.29) is 53.2 Å². The molecule has 0 bridgehead atoms. The molecule has 0 saturated carbocycles. The first-order valence-corrected chi connectivity index (χ1v) is 12.2. The number of nitrogens with two attached hydrogens (primary N) is 1. The molecule has 2 aliphatic heterocycles. The van der Waals surface area contributed by atoms with Crippen molar-refractivity contribution < 1.29 is 55.3 Å². The Morgan fingerprint density at radius 2 is 2.18 bits per heavy atom. The van der Waals surface area contributed by atoms with Gasteiger partial charge in [0, 0.05) is 16.0 Å². The van der Waals surface area contributed by atoms with E-state index in [9.17, 15) is 19.5 Å². The first-order chi connectivity index (χ1) is 15.8. The summed E-state index contributed by atoms with van der Waals surface area (Å²) < 4.78 is 0. The molecule has 1 fully saturated rings. The maximum atomic E-state index is 12.9. The number of nitrogen functional groups attached to an aromatic ring is 1. The number of anilines is 1. The summed E-state index contributed by atoms with van der Waals surface area (Å²) in [7, 11) is 1.28. The number of rotatable bonds is 7. The van der Waals surface area contributed by atoms with Crippen molar-refractivity contribution in [3.63, 3.8) is 0 Å². The number of thiazole rings is 2. The standard InChI is InChI=1S/C19H18N6O5S3.Na.H/c1-8-11(33-7-21-8)4-3-9-5-31-17-13(16(27)25(17)14(9)18(28)29)23-15(26)12(24-30-2)10-6-32-19(20)22-10;;/h3-4,6-7,13,17H,5H2,1-2H3,(H2,20,22)(H,23,26)(H,28,29);;/q;+1;-1/t13-,17-;;/m1../s1. The van der Waals surface area contributed by atoms with Crippen LogP contribution in [0.15, 0.2) is 33.4 Å². The molecular formula is C19H19N6NaO5S3. The van der Waals surface area contributed by atoms with E-state index in [1.165, 1.54) is 35.1 Å². The fourth-order valence-electron chi connectivity index (χ4n) is 3.32. The van der Waals surface area contributed by atoms with Crippen LogP contribution in [-0.4, -0.2) is 67.7 Å². The molecule has 34 heavy (non-hydrogen) atoms. The third-order valence-electron chi connectivity index (χ3n) is 4.87. The smallest absolute Gasteiger partial charge is 1.00 e. The third kappa shape index (κ3) is 5.06. The van der Waals surface area contributed by atoms with Gasteiger partial charge < -0.3 is 22.4 Å². The predicted octanol–water partition coefficient (Wildman–Crippen LogP) is -1.59. The van der Waals surface area contributed by atoms with E-state index in [4.69, 9.17) is 10.6 Å². The van der Waals surface area contributed by atoms with Crippen molar-refractivity contribution in [2.24, 2.45) is 5.16 Å². The molecule has 1 saturated heterocycles. The van der Waals surface area contributed by atoms with Crippen molar-refractivity contribution in [1.29, 1.82) is 0 Å². The second-order valence-electron chi connectivity index (χ2n) is 6.87. The van der Waals surface area contributed by atoms with Gasteiger partial charge in [0.25, 0.3) is 11.8 Å². The molecule has 2 aliphatic rings. The number of hydrogen-bond acceptors (Lipinski definition) is 11. The van der Waals surface area contributed by atoms with E-state index >= 15 is 0 Å². The maximum absolute atomic E-state index is 12.9. The Kier molecular flexibility index (Phi) is 8.54. The average Bonchev–Trinajstić information content (AvgIpc) is 3.40. The summed E-state index contributed by atoms with van der Waals surface area (Å²) in [5.41, 5.74) is 8.68. The summed E-state index contributed by atoms with van der Waals surface area (Å²) in [6, 6.07) is -0.913. The van der Waals surface area contributed by atoms with Crippen molar-refractivity contribution in [3.05, 3.63) is 44.5 Å². The minimum Gasteiger partial charge on any atom is -1.00 e. The van der Waals surface area contributed by atoms with E-state index in [0.717, 1.165) is 21.9 Å². The summed E-state index contributed by atoms with van der Waals surface area (Å²) in [5, 5.41) is 17.4. The molecule has 0 unspecified atom stereocenters. The number of nitrogens with one attached hydrogen (secondary N) is 1. The molecule has 2 atom stereocenters. The number of aromatic nitrogens is 2. The number of amides is 2. The van der Waals surface area contributed by atoms with Crippen molar-refractivity contribution in [1.82, 2.24) is 20.2 Å². The molecule has 4 heterocycles. The second kappa shape index (κ2) is 11.0. The van der Waals surface area contributed by atoms with Gasteiger partial charge in [0.15, 0.2) is 10.8 Å². The summed E-state index contributed by atoms with van der Waals surface area (Å²) in [4.78, 5) is 52.7. The molecule has 11 nitrogen and oxygen atoms in total. The molecule has 2 aromatic heterocycles. The molecule has 15 heteroatoms. The van der Waals surface area contributed by atoms with E-state index < -0.39 is 29.2 Å². The number of carboxylic acids is 1. The van der Waals surface area contributed by atoms with Gasteiger partial charge in [-0.25, -0.2) is 14.8 Å². The number of carboxylic acid groups (broad SMARTS) is 1. The normalized spacial score (nSPS) is 20.0. The number of carbonyl (C=O) groups excluding carboxylic acids is 2. The summed E-state index contributed by atoms with van der Waals surface area (Å²) in [6.45, 7) is 1.86. The van der Waals surface area contributed by atoms with E-state index in [1.807, 2.05) is 6.92 Å². The Hall–Kier alpha value is -2.23. The maximum Gasteiger partial charge on any atom is 1.00 e. The van der Waals surface area contributed by atoms with Crippen LogP contribution in [0.4, 0.5) is 5.13 Å². The molecule has 2 aromatic rings. The van der Waals surface area contributed by atoms with Gasteiger partial charge in [-0.3, -0.25) is 14.5 Å². The Labute approximate surface area is 229 Å². The van der Waals surface area contributed by atoms with Gasteiger partial charge >= 0.3 is 35.5 Å². The van der Waals surface area contributed by atoms with Gasteiger partial charge in [0.05, 0.1) is 11.2 Å².